The minimum Gasteiger partial charge on any atom is -0.412 e. The summed E-state index contributed by atoms with van der Waals surface area (Å²) in [4.78, 5) is 11.7. The summed E-state index contributed by atoms with van der Waals surface area (Å²) in [6.07, 6.45) is 5.27. The molecule has 0 radical (unpaired) electrons. The number of piperidine rings is 1. The first kappa shape index (κ1) is 20.8. The molecule has 1 aliphatic rings. The maximum absolute atomic E-state index is 6.77. The molecule has 0 aromatic heterocycles. The van der Waals surface area contributed by atoms with E-state index >= 15 is 0 Å². The Morgan fingerprint density at radius 2 is 1.64 bits per heavy atom. The number of hydrogen-bond donors (Lipinski definition) is 1. The number of aryl methyl sites for hydroxylation is 1. The minimum atomic E-state index is -0.0630. The second kappa shape index (κ2) is 8.64. The molecule has 2 N–H and O–H groups in total. The summed E-state index contributed by atoms with van der Waals surface area (Å²) in [5.41, 5.74) is 2.40. The lowest BCUT2D eigenvalue weighted by Crippen LogP contribution is -2.58. The lowest BCUT2D eigenvalue weighted by atomic mass is 9.82. The number of hydrogen-bond acceptors (Lipinski definition) is 4. The van der Waals surface area contributed by atoms with Crippen molar-refractivity contribution >= 4 is 0 Å². The second-order valence-corrected chi connectivity index (χ2v) is 9.08. The molecule has 4 nitrogen and oxygen atoms in total. The molecule has 2 aromatic carbocycles. The zero-order valence-corrected chi connectivity index (χ0v) is 17.7. The van der Waals surface area contributed by atoms with Crippen LogP contribution in [0.2, 0.25) is 0 Å². The van der Waals surface area contributed by atoms with E-state index in [1.807, 2.05) is 18.2 Å². The Hall–Kier alpha value is -1.88. The van der Waals surface area contributed by atoms with Gasteiger partial charge >= 0.3 is 0 Å². The lowest BCUT2D eigenvalue weighted by Gasteiger charge is -2.52. The molecular weight excluding hydrogens is 348 g/mol. The van der Waals surface area contributed by atoms with E-state index in [1.165, 1.54) is 12.0 Å². The van der Waals surface area contributed by atoms with Gasteiger partial charge in [-0.05, 0) is 83.1 Å². The van der Waals surface area contributed by atoms with Crippen LogP contribution in [0.5, 0.6) is 5.75 Å². The van der Waals surface area contributed by atoms with Crippen molar-refractivity contribution in [3.63, 3.8) is 0 Å². The van der Waals surface area contributed by atoms with Crippen molar-refractivity contribution in [3.8, 4) is 5.75 Å². The molecule has 2 aromatic rings. The van der Waals surface area contributed by atoms with Crippen LogP contribution in [0, 0.1) is 0 Å². The second-order valence-electron chi connectivity index (χ2n) is 9.08. The fraction of sp³-hybridized carbons (Fsp3) is 0.500. The van der Waals surface area contributed by atoms with Crippen molar-refractivity contribution in [3.05, 3.63) is 65.7 Å². The highest BCUT2D eigenvalue weighted by Crippen LogP contribution is 2.41. The molecule has 152 valence electrons. The monoisotopic (exact) mass is 382 g/mol. The van der Waals surface area contributed by atoms with Crippen molar-refractivity contribution < 1.29 is 9.68 Å². The van der Waals surface area contributed by atoms with Crippen molar-refractivity contribution in [2.75, 3.05) is 0 Å². The van der Waals surface area contributed by atoms with E-state index in [0.29, 0.717) is 5.75 Å². The summed E-state index contributed by atoms with van der Waals surface area (Å²) in [6, 6.07) is 18.5. The molecule has 1 heterocycles. The predicted molar refractivity (Wildman–Crippen MR) is 114 cm³/mol. The van der Waals surface area contributed by atoms with Gasteiger partial charge in [-0.3, -0.25) is 4.84 Å². The van der Waals surface area contributed by atoms with Crippen LogP contribution in [-0.4, -0.2) is 16.1 Å². The number of nitrogens with two attached hydrogens (primary N) is 1. The highest BCUT2D eigenvalue weighted by Gasteiger charge is 2.43. The van der Waals surface area contributed by atoms with Crippen molar-refractivity contribution in [1.82, 2.24) is 5.06 Å². The first-order chi connectivity index (χ1) is 13.3. The third-order valence-corrected chi connectivity index (χ3v) is 5.81. The molecule has 1 aliphatic heterocycles. The van der Waals surface area contributed by atoms with Gasteiger partial charge in [0.15, 0.2) is 0 Å². The van der Waals surface area contributed by atoms with Gasteiger partial charge in [0.2, 0.25) is 0 Å². The third kappa shape index (κ3) is 4.93. The Labute approximate surface area is 169 Å². The Bertz CT molecular complexity index is 742. The average molecular weight is 383 g/mol. The summed E-state index contributed by atoms with van der Waals surface area (Å²) < 4.78 is 0. The molecule has 0 saturated carbocycles. The third-order valence-electron chi connectivity index (χ3n) is 5.81. The van der Waals surface area contributed by atoms with Gasteiger partial charge in [-0.25, -0.2) is 0 Å². The van der Waals surface area contributed by atoms with Gasteiger partial charge in [0.05, 0.1) is 0 Å². The molecule has 4 heteroatoms. The maximum atomic E-state index is 6.77. The molecule has 28 heavy (non-hydrogen) atoms. The summed E-state index contributed by atoms with van der Waals surface area (Å²) in [6.45, 7) is 9.12. The molecule has 0 amide bonds. The van der Waals surface area contributed by atoms with E-state index in [1.54, 1.807) is 0 Å². The molecule has 1 atom stereocenters. The van der Waals surface area contributed by atoms with Crippen LogP contribution >= 0.6 is 0 Å². The molecule has 0 spiro atoms. The minimum absolute atomic E-state index is 0.00523. The predicted octanol–water partition coefficient (Wildman–Crippen LogP) is 5.59. The normalized spacial score (nSPS) is 19.9. The van der Waals surface area contributed by atoms with Crippen LogP contribution in [0.1, 0.15) is 70.6 Å². The summed E-state index contributed by atoms with van der Waals surface area (Å²) >= 11 is 0. The largest absolute Gasteiger partial charge is 0.412 e. The summed E-state index contributed by atoms with van der Waals surface area (Å²) in [5, 5.41) is 2.25. The zero-order chi connectivity index (χ0) is 20.2. The van der Waals surface area contributed by atoms with Crippen molar-refractivity contribution in [2.45, 2.75) is 77.0 Å². The van der Waals surface area contributed by atoms with E-state index in [-0.39, 0.29) is 17.2 Å². The van der Waals surface area contributed by atoms with Crippen molar-refractivity contribution in [1.29, 1.82) is 0 Å². The van der Waals surface area contributed by atoms with Gasteiger partial charge in [0.1, 0.15) is 11.9 Å². The van der Waals surface area contributed by atoms with Gasteiger partial charge in [-0.15, -0.1) is 0 Å². The Morgan fingerprint density at radius 1 is 0.964 bits per heavy atom. The molecule has 1 fully saturated rings. The molecule has 1 unspecified atom stereocenters. The lowest BCUT2D eigenvalue weighted by molar-refractivity contribution is -0.308. The Balaban J connectivity index is 1.86. The van der Waals surface area contributed by atoms with E-state index in [9.17, 15) is 0 Å². The summed E-state index contributed by atoms with van der Waals surface area (Å²) in [7, 11) is 0. The fourth-order valence-electron chi connectivity index (χ4n) is 4.40. The van der Waals surface area contributed by atoms with Gasteiger partial charge < -0.3 is 4.84 Å². The van der Waals surface area contributed by atoms with Gasteiger partial charge in [0, 0.05) is 11.1 Å². The molecule has 0 aliphatic carbocycles. The number of rotatable bonds is 7. The van der Waals surface area contributed by atoms with Crippen LogP contribution in [0.25, 0.3) is 0 Å². The SMILES string of the molecule is CC1(C)CCCC(C)(C)N1OC(CCc1ccccc1)c1cccc(ON)c1. The van der Waals surface area contributed by atoms with Crippen LogP contribution in [-0.2, 0) is 11.3 Å². The zero-order valence-electron chi connectivity index (χ0n) is 17.7. The molecule has 3 rings (SSSR count). The smallest absolute Gasteiger partial charge is 0.147 e. The molecule has 0 bridgehead atoms. The first-order valence-electron chi connectivity index (χ1n) is 10.3. The highest BCUT2D eigenvalue weighted by molar-refractivity contribution is 5.30. The van der Waals surface area contributed by atoms with Crippen molar-refractivity contribution in [2.24, 2.45) is 5.90 Å². The van der Waals surface area contributed by atoms with E-state index in [4.69, 9.17) is 15.6 Å². The highest BCUT2D eigenvalue weighted by atomic mass is 16.7. The van der Waals surface area contributed by atoms with Crippen LogP contribution in [0.15, 0.2) is 54.6 Å². The molecular formula is C24H34N2O2. The first-order valence-corrected chi connectivity index (χ1v) is 10.3. The number of hydroxylamine groups is 2. The Morgan fingerprint density at radius 3 is 2.29 bits per heavy atom. The average Bonchev–Trinajstić information content (AvgIpc) is 2.67. The number of benzene rings is 2. The number of nitrogens with zero attached hydrogens (tertiary/aromatic N) is 1. The van der Waals surface area contributed by atoms with Gasteiger partial charge in [-0.2, -0.15) is 11.0 Å². The fourth-order valence-corrected chi connectivity index (χ4v) is 4.40. The molecule has 1 saturated heterocycles. The van der Waals surface area contributed by atoms with E-state index in [2.05, 4.69) is 69.2 Å². The van der Waals surface area contributed by atoms with Gasteiger partial charge in [0.25, 0.3) is 0 Å². The Kier molecular flexibility index (Phi) is 6.43. The standard InChI is InChI=1S/C24H34N2O2/c1-23(2)16-9-17-24(3,4)26(23)28-22(15-14-19-10-6-5-7-11-19)20-12-8-13-21(18-20)27-25/h5-8,10-13,18,22H,9,14-17,25H2,1-4H3. The summed E-state index contributed by atoms with van der Waals surface area (Å²) in [5.74, 6) is 6.06. The van der Waals surface area contributed by atoms with Crippen LogP contribution < -0.4 is 10.7 Å². The quantitative estimate of drug-likeness (QED) is 0.634. The topological polar surface area (TPSA) is 47.7 Å². The van der Waals surface area contributed by atoms with Gasteiger partial charge in [-0.1, -0.05) is 42.5 Å². The maximum Gasteiger partial charge on any atom is 0.147 e. The van der Waals surface area contributed by atoms with Crippen LogP contribution in [0.3, 0.4) is 0 Å². The van der Waals surface area contributed by atoms with Crippen LogP contribution in [0.4, 0.5) is 0 Å². The van der Waals surface area contributed by atoms with E-state index < -0.39 is 0 Å². The van der Waals surface area contributed by atoms with E-state index in [0.717, 1.165) is 31.2 Å².